The van der Waals surface area contributed by atoms with Gasteiger partial charge in [0.05, 0.1) is 5.54 Å². The largest absolute Gasteiger partial charge is 0.320 e. The first-order valence-electron chi connectivity index (χ1n) is 6.26. The molecule has 0 heterocycles. The summed E-state index contributed by atoms with van der Waals surface area (Å²) in [6.45, 7) is 0. The molecule has 0 saturated heterocycles. The Hall–Kier alpha value is -0.960. The van der Waals surface area contributed by atoms with E-state index in [0.29, 0.717) is 12.8 Å². The highest BCUT2D eigenvalue weighted by Crippen LogP contribution is 2.48. The normalized spacial score (nSPS) is 35.8. The number of hydrogen-bond donors (Lipinski definition) is 1. The van der Waals surface area contributed by atoms with E-state index in [1.165, 1.54) is 11.1 Å². The van der Waals surface area contributed by atoms with E-state index in [2.05, 4.69) is 12.1 Å². The lowest BCUT2D eigenvalue weighted by molar-refractivity contribution is 0.00774. The smallest absolute Gasteiger partial charge is 0.256 e. The summed E-state index contributed by atoms with van der Waals surface area (Å²) in [5.74, 6) is -0.118. The zero-order valence-corrected chi connectivity index (χ0v) is 9.70. The van der Waals surface area contributed by atoms with Crippen molar-refractivity contribution < 1.29 is 8.78 Å². The number of fused-ring (bicyclic) bond motifs is 3. The van der Waals surface area contributed by atoms with Crippen LogP contribution in [0.1, 0.15) is 24.0 Å². The first-order chi connectivity index (χ1) is 8.12. The average molecular weight is 237 g/mol. The zero-order valence-electron chi connectivity index (χ0n) is 9.70. The van der Waals surface area contributed by atoms with Crippen molar-refractivity contribution >= 4 is 0 Å². The minimum absolute atomic E-state index is 0.0591. The molecular formula is C14H17F2N. The van der Waals surface area contributed by atoms with Crippen LogP contribution in [-0.2, 0) is 12.8 Å². The number of halogens is 2. The van der Waals surface area contributed by atoms with Gasteiger partial charge in [-0.3, -0.25) is 0 Å². The van der Waals surface area contributed by atoms with Crippen molar-refractivity contribution in [1.29, 1.82) is 0 Å². The molecule has 0 aliphatic heterocycles. The third-order valence-corrected chi connectivity index (χ3v) is 4.71. The molecule has 0 radical (unpaired) electrons. The van der Waals surface area contributed by atoms with E-state index in [1.807, 2.05) is 12.1 Å². The molecular weight excluding hydrogens is 220 g/mol. The van der Waals surface area contributed by atoms with Crippen LogP contribution in [0.3, 0.4) is 0 Å². The molecule has 1 aromatic rings. The van der Waals surface area contributed by atoms with Crippen LogP contribution in [-0.4, -0.2) is 12.0 Å². The van der Waals surface area contributed by atoms with Crippen molar-refractivity contribution in [2.24, 2.45) is 17.6 Å². The van der Waals surface area contributed by atoms with E-state index < -0.39 is 12.0 Å². The summed E-state index contributed by atoms with van der Waals surface area (Å²) >= 11 is 0. The summed E-state index contributed by atoms with van der Waals surface area (Å²) in [6, 6.07) is 8.08. The van der Waals surface area contributed by atoms with Crippen LogP contribution in [0.15, 0.2) is 24.3 Å². The molecule has 2 aliphatic rings. The Morgan fingerprint density at radius 1 is 1.06 bits per heavy atom. The fourth-order valence-corrected chi connectivity index (χ4v) is 3.64. The third kappa shape index (κ3) is 1.52. The molecule has 2 unspecified atom stereocenters. The maximum atomic E-state index is 13.3. The van der Waals surface area contributed by atoms with E-state index >= 15 is 0 Å². The van der Waals surface area contributed by atoms with E-state index in [4.69, 9.17) is 5.73 Å². The summed E-state index contributed by atoms with van der Waals surface area (Å²) in [5, 5.41) is 0. The van der Waals surface area contributed by atoms with Gasteiger partial charge in [0.15, 0.2) is 0 Å². The molecule has 2 aliphatic carbocycles. The van der Waals surface area contributed by atoms with E-state index in [0.717, 1.165) is 12.8 Å². The number of nitrogens with two attached hydrogens (primary N) is 1. The average Bonchev–Trinajstić information content (AvgIpc) is 2.53. The van der Waals surface area contributed by atoms with Crippen LogP contribution in [0.5, 0.6) is 0 Å². The molecule has 1 saturated carbocycles. The second-order valence-electron chi connectivity index (χ2n) is 5.45. The van der Waals surface area contributed by atoms with Crippen molar-refractivity contribution in [2.75, 3.05) is 0 Å². The van der Waals surface area contributed by atoms with Crippen molar-refractivity contribution in [3.8, 4) is 0 Å². The molecule has 1 fully saturated rings. The molecule has 1 nitrogen and oxygen atoms in total. The van der Waals surface area contributed by atoms with Gasteiger partial charge in [0, 0.05) is 0 Å². The Kier molecular flexibility index (Phi) is 2.47. The summed E-state index contributed by atoms with van der Waals surface area (Å²) in [5.41, 5.74) is 7.25. The Morgan fingerprint density at radius 3 is 1.94 bits per heavy atom. The van der Waals surface area contributed by atoms with Crippen molar-refractivity contribution in [3.63, 3.8) is 0 Å². The Morgan fingerprint density at radius 2 is 1.53 bits per heavy atom. The molecule has 92 valence electrons. The SMILES string of the molecule is NC1(C(F)F)C2CCC1Cc1ccccc1C2. The maximum Gasteiger partial charge on any atom is 0.256 e. The first kappa shape index (κ1) is 11.1. The molecule has 1 aromatic carbocycles. The highest BCUT2D eigenvalue weighted by atomic mass is 19.3. The van der Waals surface area contributed by atoms with Crippen LogP contribution in [0.2, 0.25) is 0 Å². The summed E-state index contributed by atoms with van der Waals surface area (Å²) < 4.78 is 26.6. The van der Waals surface area contributed by atoms with Gasteiger partial charge in [-0.2, -0.15) is 0 Å². The van der Waals surface area contributed by atoms with Crippen molar-refractivity contribution in [1.82, 2.24) is 0 Å². The van der Waals surface area contributed by atoms with Crippen LogP contribution < -0.4 is 5.73 Å². The van der Waals surface area contributed by atoms with E-state index in [9.17, 15) is 8.78 Å². The van der Waals surface area contributed by atoms with Gasteiger partial charge in [-0.05, 0) is 48.6 Å². The molecule has 2 N–H and O–H groups in total. The van der Waals surface area contributed by atoms with Crippen molar-refractivity contribution in [2.45, 2.75) is 37.6 Å². The lowest BCUT2D eigenvalue weighted by Gasteiger charge is -2.34. The van der Waals surface area contributed by atoms with Crippen LogP contribution >= 0.6 is 0 Å². The van der Waals surface area contributed by atoms with E-state index in [1.54, 1.807) is 0 Å². The van der Waals surface area contributed by atoms with E-state index in [-0.39, 0.29) is 11.8 Å². The molecule has 0 spiro atoms. The first-order valence-corrected chi connectivity index (χ1v) is 6.26. The van der Waals surface area contributed by atoms with Gasteiger partial charge >= 0.3 is 0 Å². The summed E-state index contributed by atoms with van der Waals surface area (Å²) in [4.78, 5) is 0. The van der Waals surface area contributed by atoms with Gasteiger partial charge in [-0.15, -0.1) is 0 Å². The van der Waals surface area contributed by atoms with Gasteiger partial charge in [0.2, 0.25) is 0 Å². The molecule has 0 amide bonds. The molecule has 0 aromatic heterocycles. The second kappa shape index (κ2) is 3.77. The van der Waals surface area contributed by atoms with Crippen LogP contribution in [0, 0.1) is 11.8 Å². The molecule has 3 rings (SSSR count). The lowest BCUT2D eigenvalue weighted by atomic mass is 9.80. The predicted molar refractivity (Wildman–Crippen MR) is 63.0 cm³/mol. The number of benzene rings is 1. The van der Waals surface area contributed by atoms with Gasteiger partial charge in [-0.25, -0.2) is 8.78 Å². The maximum absolute atomic E-state index is 13.3. The van der Waals surface area contributed by atoms with Gasteiger partial charge < -0.3 is 5.73 Å². The summed E-state index contributed by atoms with van der Waals surface area (Å²) in [7, 11) is 0. The number of rotatable bonds is 1. The Labute approximate surface area is 100 Å². The van der Waals surface area contributed by atoms with Gasteiger partial charge in [0.1, 0.15) is 0 Å². The molecule has 2 atom stereocenters. The number of alkyl halides is 2. The molecule has 2 bridgehead atoms. The van der Waals surface area contributed by atoms with Crippen LogP contribution in [0.4, 0.5) is 8.78 Å². The summed E-state index contributed by atoms with van der Waals surface area (Å²) in [6.07, 6.45) is 0.718. The monoisotopic (exact) mass is 237 g/mol. The lowest BCUT2D eigenvalue weighted by Crippen LogP contribution is -2.55. The fraction of sp³-hybridized carbons (Fsp3) is 0.571. The fourth-order valence-electron chi connectivity index (χ4n) is 3.64. The minimum Gasteiger partial charge on any atom is -0.320 e. The third-order valence-electron chi connectivity index (χ3n) is 4.71. The minimum atomic E-state index is -2.41. The molecule has 3 heteroatoms. The second-order valence-corrected chi connectivity index (χ2v) is 5.45. The predicted octanol–water partition coefficient (Wildman–Crippen LogP) is 2.77. The highest BCUT2D eigenvalue weighted by molar-refractivity contribution is 5.32. The standard InChI is InChI=1S/C14H17F2N/c15-13(16)14(17)11-5-6-12(14)8-10-4-2-1-3-9(10)7-11/h1-4,11-13H,5-8,17H2. The van der Waals surface area contributed by atoms with Gasteiger partial charge in [0.25, 0.3) is 6.43 Å². The molecule has 17 heavy (non-hydrogen) atoms. The zero-order chi connectivity index (χ0) is 12.0. The topological polar surface area (TPSA) is 26.0 Å². The highest BCUT2D eigenvalue weighted by Gasteiger charge is 2.54. The number of hydrogen-bond acceptors (Lipinski definition) is 1. The Bertz CT molecular complexity index is 397. The van der Waals surface area contributed by atoms with Crippen molar-refractivity contribution in [3.05, 3.63) is 35.4 Å². The van der Waals surface area contributed by atoms with Crippen LogP contribution in [0.25, 0.3) is 0 Å². The quantitative estimate of drug-likeness (QED) is 0.798. The Balaban J connectivity index is 2.03. The van der Waals surface area contributed by atoms with Gasteiger partial charge in [-0.1, -0.05) is 24.3 Å².